The quantitative estimate of drug-likeness (QED) is 0.247. The van der Waals surface area contributed by atoms with Crippen molar-refractivity contribution in [1.29, 1.82) is 0 Å². The number of nitrogens with zero attached hydrogens (tertiary/aromatic N) is 3. The number of ether oxygens (including phenoxy) is 2. The highest BCUT2D eigenvalue weighted by atomic mass is 127. The fraction of sp³-hybridized carbons (Fsp3) is 0.778. The van der Waals surface area contributed by atoms with Gasteiger partial charge < -0.3 is 19.7 Å². The van der Waals surface area contributed by atoms with Crippen molar-refractivity contribution in [3.05, 3.63) is 16.1 Å². The largest absolute Gasteiger partial charge is 0.385 e. The Hall–Kier alpha value is -0.450. The van der Waals surface area contributed by atoms with Gasteiger partial charge in [0, 0.05) is 64.5 Å². The van der Waals surface area contributed by atoms with E-state index >= 15 is 0 Å². The van der Waals surface area contributed by atoms with Crippen molar-refractivity contribution in [3.63, 3.8) is 0 Å². The number of methoxy groups -OCH3 is 1. The van der Waals surface area contributed by atoms with E-state index in [1.165, 1.54) is 5.01 Å². The second-order valence-corrected chi connectivity index (χ2v) is 7.31. The maximum Gasteiger partial charge on any atom is 0.193 e. The SMILES string of the molecule is CN=C(NCCCc1nc(C)cs1)N1CCC(OCCCOC)CC1.I. The van der Waals surface area contributed by atoms with Crippen LogP contribution in [0.1, 0.15) is 36.4 Å². The Morgan fingerprint density at radius 3 is 2.73 bits per heavy atom. The third-order valence-electron chi connectivity index (χ3n) is 4.32. The molecule has 6 nitrogen and oxygen atoms in total. The summed E-state index contributed by atoms with van der Waals surface area (Å²) < 4.78 is 11.0. The van der Waals surface area contributed by atoms with Gasteiger partial charge in [-0.25, -0.2) is 4.98 Å². The maximum atomic E-state index is 5.92. The van der Waals surface area contributed by atoms with Gasteiger partial charge >= 0.3 is 0 Å². The summed E-state index contributed by atoms with van der Waals surface area (Å²) in [5.41, 5.74) is 1.12. The predicted octanol–water partition coefficient (Wildman–Crippen LogP) is 3.10. The molecule has 0 unspecified atom stereocenters. The lowest BCUT2D eigenvalue weighted by atomic mass is 10.1. The molecule has 1 N–H and O–H groups in total. The predicted molar refractivity (Wildman–Crippen MR) is 119 cm³/mol. The Morgan fingerprint density at radius 1 is 1.35 bits per heavy atom. The molecule has 2 rings (SSSR count). The fourth-order valence-corrected chi connectivity index (χ4v) is 3.80. The molecule has 0 spiro atoms. The number of nitrogens with one attached hydrogen (secondary N) is 1. The highest BCUT2D eigenvalue weighted by molar-refractivity contribution is 14.0. The van der Waals surface area contributed by atoms with Gasteiger partial charge in [-0.15, -0.1) is 35.3 Å². The molecule has 1 saturated heterocycles. The van der Waals surface area contributed by atoms with E-state index in [1.807, 2.05) is 14.0 Å². The van der Waals surface area contributed by atoms with Crippen LogP contribution < -0.4 is 5.32 Å². The van der Waals surface area contributed by atoms with E-state index in [-0.39, 0.29) is 24.0 Å². The second-order valence-electron chi connectivity index (χ2n) is 6.36. The van der Waals surface area contributed by atoms with Gasteiger partial charge in [0.2, 0.25) is 0 Å². The van der Waals surface area contributed by atoms with Crippen molar-refractivity contribution < 1.29 is 9.47 Å². The van der Waals surface area contributed by atoms with Gasteiger partial charge in [-0.2, -0.15) is 0 Å². The molecule has 8 heteroatoms. The van der Waals surface area contributed by atoms with Crippen molar-refractivity contribution in [2.45, 2.75) is 45.1 Å². The standard InChI is InChI=1S/C18H32N4O2S.HI/c1-15-14-25-17(21-15)6-4-9-20-18(19-2)22-10-7-16(8-11-22)24-13-5-12-23-3;/h14,16H,4-13H2,1-3H3,(H,19,20);1H. The van der Waals surface area contributed by atoms with Crippen LogP contribution >= 0.6 is 35.3 Å². The molecule has 26 heavy (non-hydrogen) atoms. The van der Waals surface area contributed by atoms with Crippen LogP contribution in [0.5, 0.6) is 0 Å². The minimum absolute atomic E-state index is 0. The average molecular weight is 496 g/mol. The first-order chi connectivity index (χ1) is 12.2. The van der Waals surface area contributed by atoms with Crippen molar-refractivity contribution in [3.8, 4) is 0 Å². The Kier molecular flexibility index (Phi) is 12.4. The first-order valence-electron chi connectivity index (χ1n) is 9.20. The Morgan fingerprint density at radius 2 is 2.12 bits per heavy atom. The molecule has 0 radical (unpaired) electrons. The lowest BCUT2D eigenvalue weighted by Gasteiger charge is -2.34. The zero-order valence-corrected chi connectivity index (χ0v) is 19.3. The van der Waals surface area contributed by atoms with Gasteiger partial charge in [-0.1, -0.05) is 0 Å². The van der Waals surface area contributed by atoms with Gasteiger partial charge in [0.1, 0.15) is 0 Å². The van der Waals surface area contributed by atoms with Crippen LogP contribution in [0.25, 0.3) is 0 Å². The molecule has 150 valence electrons. The van der Waals surface area contributed by atoms with Gasteiger partial charge in [0.05, 0.1) is 11.1 Å². The minimum atomic E-state index is 0. The van der Waals surface area contributed by atoms with Crippen molar-refractivity contribution >= 4 is 41.3 Å². The van der Waals surface area contributed by atoms with E-state index in [2.05, 4.69) is 25.6 Å². The number of thiazole rings is 1. The highest BCUT2D eigenvalue weighted by Crippen LogP contribution is 2.14. The first kappa shape index (κ1) is 23.6. The smallest absolute Gasteiger partial charge is 0.193 e. The third kappa shape index (κ3) is 8.49. The van der Waals surface area contributed by atoms with Crippen LogP contribution in [0.15, 0.2) is 10.4 Å². The summed E-state index contributed by atoms with van der Waals surface area (Å²) in [6.07, 6.45) is 5.57. The minimum Gasteiger partial charge on any atom is -0.385 e. The van der Waals surface area contributed by atoms with Crippen LogP contribution in [0.3, 0.4) is 0 Å². The number of aliphatic imine (C=N–C) groups is 1. The Labute approximate surface area is 178 Å². The zero-order chi connectivity index (χ0) is 17.9. The second kappa shape index (κ2) is 13.7. The number of likely N-dealkylation sites (tertiary alicyclic amines) is 1. The van der Waals surface area contributed by atoms with Crippen molar-refractivity contribution in [2.24, 2.45) is 4.99 Å². The first-order valence-corrected chi connectivity index (χ1v) is 10.1. The molecule has 0 aliphatic carbocycles. The highest BCUT2D eigenvalue weighted by Gasteiger charge is 2.21. The molecule has 1 fully saturated rings. The van der Waals surface area contributed by atoms with Gasteiger partial charge in [-0.3, -0.25) is 4.99 Å². The van der Waals surface area contributed by atoms with E-state index in [4.69, 9.17) is 9.47 Å². The molecule has 0 aromatic carbocycles. The molecule has 1 aliphatic rings. The summed E-state index contributed by atoms with van der Waals surface area (Å²) in [6, 6.07) is 0. The summed E-state index contributed by atoms with van der Waals surface area (Å²) in [5, 5.41) is 6.82. The number of hydrogen-bond donors (Lipinski definition) is 1. The molecular formula is C18H33IN4O2S. The number of aromatic nitrogens is 1. The summed E-state index contributed by atoms with van der Waals surface area (Å²) in [4.78, 5) is 11.3. The van der Waals surface area contributed by atoms with Crippen LogP contribution in [-0.2, 0) is 15.9 Å². The van der Waals surface area contributed by atoms with Gasteiger partial charge in [0.25, 0.3) is 0 Å². The third-order valence-corrected chi connectivity index (χ3v) is 5.34. The molecule has 1 aromatic rings. The molecule has 1 aromatic heterocycles. The van der Waals surface area contributed by atoms with Crippen molar-refractivity contribution in [1.82, 2.24) is 15.2 Å². The summed E-state index contributed by atoms with van der Waals surface area (Å²) >= 11 is 1.75. The van der Waals surface area contributed by atoms with Crippen molar-refractivity contribution in [2.75, 3.05) is 47.0 Å². The monoisotopic (exact) mass is 496 g/mol. The summed E-state index contributed by atoms with van der Waals surface area (Å²) in [5.74, 6) is 1.01. The van der Waals surface area contributed by atoms with E-state index in [0.29, 0.717) is 6.10 Å². The van der Waals surface area contributed by atoms with Crippen LogP contribution in [0.4, 0.5) is 0 Å². The summed E-state index contributed by atoms with van der Waals surface area (Å²) in [7, 11) is 3.59. The Balaban J connectivity index is 0.00000338. The van der Waals surface area contributed by atoms with Crippen LogP contribution in [0, 0.1) is 6.92 Å². The van der Waals surface area contributed by atoms with Gasteiger partial charge in [-0.05, 0) is 32.6 Å². The number of guanidine groups is 1. The number of rotatable bonds is 9. The van der Waals surface area contributed by atoms with Crippen LogP contribution in [0.2, 0.25) is 0 Å². The van der Waals surface area contributed by atoms with Gasteiger partial charge in [0.15, 0.2) is 5.96 Å². The van der Waals surface area contributed by atoms with E-state index in [9.17, 15) is 0 Å². The lowest BCUT2D eigenvalue weighted by Crippen LogP contribution is -2.47. The number of halogens is 1. The topological polar surface area (TPSA) is 59.0 Å². The lowest BCUT2D eigenvalue weighted by molar-refractivity contribution is 0.00991. The molecule has 0 atom stereocenters. The molecule has 0 saturated carbocycles. The molecule has 0 amide bonds. The summed E-state index contributed by atoms with van der Waals surface area (Å²) in [6.45, 7) is 6.54. The van der Waals surface area contributed by atoms with Crippen LogP contribution in [-0.4, -0.2) is 69.0 Å². The number of piperidine rings is 1. The number of aryl methyl sites for hydroxylation is 2. The fourth-order valence-electron chi connectivity index (χ4n) is 2.98. The molecule has 1 aliphatic heterocycles. The maximum absolute atomic E-state index is 5.92. The van der Waals surface area contributed by atoms with E-state index in [1.54, 1.807) is 18.4 Å². The Bertz CT molecular complexity index is 519. The normalized spacial score (nSPS) is 15.8. The number of hydrogen-bond acceptors (Lipinski definition) is 5. The van der Waals surface area contributed by atoms with E-state index < -0.39 is 0 Å². The molecule has 2 heterocycles. The van der Waals surface area contributed by atoms with E-state index in [0.717, 1.165) is 76.6 Å². The molecular weight excluding hydrogens is 463 g/mol. The molecule has 0 bridgehead atoms. The zero-order valence-electron chi connectivity index (χ0n) is 16.2. The average Bonchev–Trinajstić information content (AvgIpc) is 3.05.